The van der Waals surface area contributed by atoms with Crippen molar-refractivity contribution < 1.29 is 0 Å². The summed E-state index contributed by atoms with van der Waals surface area (Å²) in [4.78, 5) is 4.53. The SMILES string of the molecule is Cn1cnc2cc(-c3nncn3-c3c(-c4ccccc4)cccc3-c3ccccc3)ccc21. The molecule has 5 heteroatoms. The first-order chi connectivity index (χ1) is 16.3. The fraction of sp³-hybridized carbons (Fsp3) is 0.0357. The molecule has 4 aromatic carbocycles. The Balaban J connectivity index is 1.62. The molecule has 6 rings (SSSR count). The van der Waals surface area contributed by atoms with Gasteiger partial charge in [0.15, 0.2) is 5.82 Å². The molecule has 0 unspecified atom stereocenters. The van der Waals surface area contributed by atoms with Gasteiger partial charge in [-0.2, -0.15) is 0 Å². The number of benzene rings is 4. The molecule has 0 amide bonds. The molecule has 0 radical (unpaired) electrons. The number of hydrogen-bond acceptors (Lipinski definition) is 3. The molecule has 0 atom stereocenters. The van der Waals surface area contributed by atoms with Crippen LogP contribution in [-0.4, -0.2) is 24.3 Å². The first-order valence-corrected chi connectivity index (χ1v) is 10.9. The molecule has 0 N–H and O–H groups in total. The molecule has 2 aromatic heterocycles. The van der Waals surface area contributed by atoms with Crippen LogP contribution >= 0.6 is 0 Å². The predicted molar refractivity (Wildman–Crippen MR) is 132 cm³/mol. The maximum Gasteiger partial charge on any atom is 0.168 e. The van der Waals surface area contributed by atoms with Crippen molar-refractivity contribution in [2.75, 3.05) is 0 Å². The van der Waals surface area contributed by atoms with Crippen LogP contribution in [0, 0.1) is 0 Å². The minimum absolute atomic E-state index is 0.781. The van der Waals surface area contributed by atoms with Gasteiger partial charge >= 0.3 is 0 Å². The van der Waals surface area contributed by atoms with Crippen LogP contribution in [0.1, 0.15) is 0 Å². The molecule has 0 aliphatic carbocycles. The van der Waals surface area contributed by atoms with Crippen LogP contribution in [-0.2, 0) is 7.05 Å². The van der Waals surface area contributed by atoms with Crippen LogP contribution in [0.4, 0.5) is 0 Å². The van der Waals surface area contributed by atoms with Gasteiger partial charge in [-0.15, -0.1) is 10.2 Å². The Morgan fingerprint density at radius 2 is 1.30 bits per heavy atom. The fourth-order valence-corrected chi connectivity index (χ4v) is 4.38. The lowest BCUT2D eigenvalue weighted by Gasteiger charge is -2.18. The monoisotopic (exact) mass is 427 g/mol. The summed E-state index contributed by atoms with van der Waals surface area (Å²) in [6, 6.07) is 33.5. The van der Waals surface area contributed by atoms with Crippen LogP contribution in [0.2, 0.25) is 0 Å². The Kier molecular flexibility index (Phi) is 4.58. The second-order valence-corrected chi connectivity index (χ2v) is 8.02. The highest BCUT2D eigenvalue weighted by molar-refractivity contribution is 5.87. The zero-order valence-electron chi connectivity index (χ0n) is 18.1. The minimum Gasteiger partial charge on any atom is -0.334 e. The highest BCUT2D eigenvalue weighted by Gasteiger charge is 2.18. The third kappa shape index (κ3) is 3.31. The summed E-state index contributed by atoms with van der Waals surface area (Å²) >= 11 is 0. The van der Waals surface area contributed by atoms with E-state index in [9.17, 15) is 0 Å². The van der Waals surface area contributed by atoms with Gasteiger partial charge < -0.3 is 4.57 Å². The number of aromatic nitrogens is 5. The molecule has 0 bridgehead atoms. The molecule has 33 heavy (non-hydrogen) atoms. The average molecular weight is 428 g/mol. The Morgan fingerprint density at radius 3 is 1.97 bits per heavy atom. The van der Waals surface area contributed by atoms with Crippen molar-refractivity contribution in [3.05, 3.63) is 110 Å². The van der Waals surface area contributed by atoms with Crippen molar-refractivity contribution in [1.82, 2.24) is 24.3 Å². The Morgan fingerprint density at radius 1 is 0.636 bits per heavy atom. The molecule has 2 heterocycles. The largest absolute Gasteiger partial charge is 0.334 e. The second-order valence-electron chi connectivity index (χ2n) is 8.02. The number of nitrogens with zero attached hydrogens (tertiary/aromatic N) is 5. The van der Waals surface area contributed by atoms with E-state index in [1.54, 1.807) is 6.33 Å². The zero-order chi connectivity index (χ0) is 22.2. The van der Waals surface area contributed by atoms with E-state index in [1.807, 2.05) is 30.1 Å². The summed E-state index contributed by atoms with van der Waals surface area (Å²) in [6.45, 7) is 0. The number of fused-ring (bicyclic) bond motifs is 1. The second kappa shape index (κ2) is 7.88. The van der Waals surface area contributed by atoms with E-state index in [4.69, 9.17) is 0 Å². The van der Waals surface area contributed by atoms with E-state index in [2.05, 4.69) is 105 Å². The van der Waals surface area contributed by atoms with Crippen molar-refractivity contribution in [1.29, 1.82) is 0 Å². The molecule has 0 fully saturated rings. The van der Waals surface area contributed by atoms with E-state index in [-0.39, 0.29) is 0 Å². The number of para-hydroxylation sites is 1. The van der Waals surface area contributed by atoms with Gasteiger partial charge in [-0.3, -0.25) is 4.57 Å². The van der Waals surface area contributed by atoms with Gasteiger partial charge in [-0.25, -0.2) is 4.98 Å². The molecule has 0 saturated carbocycles. The van der Waals surface area contributed by atoms with Crippen LogP contribution in [0.3, 0.4) is 0 Å². The summed E-state index contributed by atoms with van der Waals surface area (Å²) in [6.07, 6.45) is 3.63. The van der Waals surface area contributed by atoms with Gasteiger partial charge in [-0.1, -0.05) is 78.9 Å². The zero-order valence-corrected chi connectivity index (χ0v) is 18.1. The molecule has 158 valence electrons. The van der Waals surface area contributed by atoms with E-state index in [0.29, 0.717) is 0 Å². The fourth-order valence-electron chi connectivity index (χ4n) is 4.38. The van der Waals surface area contributed by atoms with E-state index < -0.39 is 0 Å². The lowest BCUT2D eigenvalue weighted by Crippen LogP contribution is -2.02. The normalized spacial score (nSPS) is 11.2. The van der Waals surface area contributed by atoms with Crippen molar-refractivity contribution in [3.8, 4) is 39.3 Å². The molecule has 0 aliphatic rings. The van der Waals surface area contributed by atoms with E-state index >= 15 is 0 Å². The van der Waals surface area contributed by atoms with Crippen molar-refractivity contribution in [2.24, 2.45) is 7.05 Å². The van der Waals surface area contributed by atoms with Crippen LogP contribution < -0.4 is 0 Å². The van der Waals surface area contributed by atoms with Gasteiger partial charge in [0.2, 0.25) is 0 Å². The van der Waals surface area contributed by atoms with Crippen molar-refractivity contribution in [2.45, 2.75) is 0 Å². The van der Waals surface area contributed by atoms with Gasteiger partial charge in [-0.05, 0) is 29.3 Å². The summed E-state index contributed by atoms with van der Waals surface area (Å²) in [5, 5.41) is 8.84. The molecule has 0 spiro atoms. The van der Waals surface area contributed by atoms with Gasteiger partial charge in [0.25, 0.3) is 0 Å². The molecule has 5 nitrogen and oxygen atoms in total. The third-order valence-electron chi connectivity index (χ3n) is 5.98. The van der Waals surface area contributed by atoms with Crippen molar-refractivity contribution in [3.63, 3.8) is 0 Å². The van der Waals surface area contributed by atoms with E-state index in [1.165, 1.54) is 0 Å². The highest BCUT2D eigenvalue weighted by atomic mass is 15.3. The topological polar surface area (TPSA) is 48.5 Å². The maximum atomic E-state index is 4.53. The van der Waals surface area contributed by atoms with Crippen LogP contribution in [0.5, 0.6) is 0 Å². The molecule has 0 saturated heterocycles. The molecular formula is C28H21N5. The summed E-state index contributed by atoms with van der Waals surface area (Å²) in [7, 11) is 2.00. The third-order valence-corrected chi connectivity index (χ3v) is 5.98. The summed E-state index contributed by atoms with van der Waals surface area (Å²) < 4.78 is 4.11. The summed E-state index contributed by atoms with van der Waals surface area (Å²) in [5.41, 5.74) is 8.57. The first kappa shape index (κ1) is 19.2. The Bertz CT molecular complexity index is 1500. The lowest BCUT2D eigenvalue weighted by molar-refractivity contribution is 0.947. The molecular weight excluding hydrogens is 406 g/mol. The lowest BCUT2D eigenvalue weighted by atomic mass is 9.95. The van der Waals surface area contributed by atoms with Gasteiger partial charge in [0.1, 0.15) is 6.33 Å². The number of rotatable bonds is 4. The predicted octanol–water partition coefficient (Wildman–Crippen LogP) is 6.16. The van der Waals surface area contributed by atoms with Gasteiger partial charge in [0.05, 0.1) is 23.0 Å². The first-order valence-electron chi connectivity index (χ1n) is 10.9. The van der Waals surface area contributed by atoms with E-state index in [0.717, 1.165) is 50.4 Å². The number of imidazole rings is 1. The molecule has 6 aromatic rings. The minimum atomic E-state index is 0.781. The van der Waals surface area contributed by atoms with Crippen molar-refractivity contribution >= 4 is 11.0 Å². The smallest absolute Gasteiger partial charge is 0.168 e. The Labute approximate surface area is 191 Å². The van der Waals surface area contributed by atoms with Gasteiger partial charge in [0, 0.05) is 23.7 Å². The average Bonchev–Trinajstić information content (AvgIpc) is 3.51. The maximum absolute atomic E-state index is 4.53. The number of hydrogen-bond donors (Lipinski definition) is 0. The standard InChI is InChI=1S/C28H21N5/c1-32-18-29-25-17-22(15-16-26(25)32)28-31-30-19-33(28)27-23(20-9-4-2-5-10-20)13-8-14-24(27)21-11-6-3-7-12-21/h2-19H,1H3. The van der Waals surface area contributed by atoms with Crippen LogP contribution in [0.25, 0.3) is 50.4 Å². The Hall–Kier alpha value is -4.51. The quantitative estimate of drug-likeness (QED) is 0.339. The molecule has 0 aliphatic heterocycles. The summed E-state index contributed by atoms with van der Waals surface area (Å²) in [5.74, 6) is 0.781. The highest BCUT2D eigenvalue weighted by Crippen LogP contribution is 2.37. The van der Waals surface area contributed by atoms with Crippen LogP contribution in [0.15, 0.2) is 110 Å². The number of aryl methyl sites for hydroxylation is 1.